The lowest BCUT2D eigenvalue weighted by Gasteiger charge is -2.45. The van der Waals surface area contributed by atoms with Crippen LogP contribution in [0.15, 0.2) is 36.5 Å². The van der Waals surface area contributed by atoms with E-state index in [1.807, 2.05) is 24.4 Å². The summed E-state index contributed by atoms with van der Waals surface area (Å²) in [5.74, 6) is 0. The Kier molecular flexibility index (Phi) is 4.81. The molecule has 3 saturated heterocycles. The molecule has 0 unspecified atom stereocenters. The Morgan fingerprint density at radius 1 is 1.22 bits per heavy atom. The van der Waals surface area contributed by atoms with Gasteiger partial charge in [-0.2, -0.15) is 0 Å². The standard InChI is InChI=1S/C20H25N3O4/c24-19-17(22-11-13-9-14-3-1-2-4-15(14)21-10-13)16-12-26-20(27-16)18(19)23-5-7-25-8-6-23/h1-4,9-10,16-20,22,24H,5-8,11-12H2/t16-,17-,18-,19+,20-/m1/s1. The Balaban J connectivity index is 1.31. The van der Waals surface area contributed by atoms with Crippen molar-refractivity contribution in [1.29, 1.82) is 0 Å². The molecule has 1 aromatic heterocycles. The maximum atomic E-state index is 11.1. The van der Waals surface area contributed by atoms with Crippen molar-refractivity contribution in [1.82, 2.24) is 15.2 Å². The predicted octanol–water partition coefficient (Wildman–Crippen LogP) is 0.510. The quantitative estimate of drug-likeness (QED) is 0.811. The molecule has 0 aliphatic carbocycles. The summed E-state index contributed by atoms with van der Waals surface area (Å²) in [6, 6.07) is 9.87. The average molecular weight is 371 g/mol. The third kappa shape index (κ3) is 3.35. The van der Waals surface area contributed by atoms with Crippen molar-refractivity contribution in [2.45, 2.75) is 37.1 Å². The van der Waals surface area contributed by atoms with Crippen LogP contribution in [-0.2, 0) is 20.8 Å². The third-order valence-corrected chi connectivity index (χ3v) is 5.79. The van der Waals surface area contributed by atoms with Crippen LogP contribution in [0.4, 0.5) is 0 Å². The van der Waals surface area contributed by atoms with Gasteiger partial charge in [0.2, 0.25) is 0 Å². The first-order chi connectivity index (χ1) is 13.3. The number of aromatic nitrogens is 1. The fraction of sp³-hybridized carbons (Fsp3) is 0.550. The molecule has 7 heteroatoms. The van der Waals surface area contributed by atoms with Crippen molar-refractivity contribution in [3.05, 3.63) is 42.1 Å². The van der Waals surface area contributed by atoms with E-state index in [2.05, 4.69) is 27.3 Å². The van der Waals surface area contributed by atoms with Gasteiger partial charge in [-0.1, -0.05) is 18.2 Å². The zero-order valence-corrected chi connectivity index (χ0v) is 15.2. The molecular weight excluding hydrogens is 346 g/mol. The second kappa shape index (κ2) is 7.43. The van der Waals surface area contributed by atoms with Gasteiger partial charge in [-0.05, 0) is 17.7 Å². The van der Waals surface area contributed by atoms with E-state index in [0.717, 1.165) is 29.6 Å². The predicted molar refractivity (Wildman–Crippen MR) is 99.2 cm³/mol. The molecule has 5 rings (SSSR count). The van der Waals surface area contributed by atoms with Crippen molar-refractivity contribution in [3.63, 3.8) is 0 Å². The van der Waals surface area contributed by atoms with Gasteiger partial charge >= 0.3 is 0 Å². The van der Waals surface area contributed by atoms with Gasteiger partial charge in [0.05, 0.1) is 43.5 Å². The molecule has 0 radical (unpaired) electrons. The molecular formula is C20H25N3O4. The van der Waals surface area contributed by atoms with Crippen molar-refractivity contribution >= 4 is 10.9 Å². The summed E-state index contributed by atoms with van der Waals surface area (Å²) in [6.45, 7) is 4.07. The third-order valence-electron chi connectivity index (χ3n) is 5.79. The Bertz CT molecular complexity index is 798. The molecule has 0 saturated carbocycles. The van der Waals surface area contributed by atoms with Crippen LogP contribution in [0.2, 0.25) is 0 Å². The number of nitrogens with zero attached hydrogens (tertiary/aromatic N) is 2. The van der Waals surface area contributed by atoms with E-state index in [1.165, 1.54) is 0 Å². The molecule has 5 atom stereocenters. The Hall–Kier alpha value is -1.61. The summed E-state index contributed by atoms with van der Waals surface area (Å²) in [4.78, 5) is 6.75. The van der Waals surface area contributed by atoms with Gasteiger partial charge in [-0.15, -0.1) is 0 Å². The minimum Gasteiger partial charge on any atom is -0.390 e. The van der Waals surface area contributed by atoms with Crippen LogP contribution in [0, 0.1) is 0 Å². The van der Waals surface area contributed by atoms with E-state index in [4.69, 9.17) is 14.2 Å². The largest absolute Gasteiger partial charge is 0.390 e. The first-order valence-electron chi connectivity index (χ1n) is 9.63. The van der Waals surface area contributed by atoms with Crippen molar-refractivity contribution in [3.8, 4) is 0 Å². The number of rotatable bonds is 4. The molecule has 0 spiro atoms. The molecule has 1 aromatic carbocycles. The molecule has 4 heterocycles. The number of fused-ring (bicyclic) bond motifs is 3. The van der Waals surface area contributed by atoms with E-state index in [1.54, 1.807) is 0 Å². The van der Waals surface area contributed by atoms with Gasteiger partial charge in [0, 0.05) is 31.2 Å². The number of aliphatic hydroxyl groups is 1. The molecule has 2 bridgehead atoms. The summed E-state index contributed by atoms with van der Waals surface area (Å²) >= 11 is 0. The topological polar surface area (TPSA) is 76.1 Å². The summed E-state index contributed by atoms with van der Waals surface area (Å²) in [5.41, 5.74) is 2.08. The number of ether oxygens (including phenoxy) is 3. The number of nitrogens with one attached hydrogen (secondary N) is 1. The Morgan fingerprint density at radius 3 is 2.96 bits per heavy atom. The summed E-state index contributed by atoms with van der Waals surface area (Å²) in [5, 5.41) is 15.7. The second-order valence-corrected chi connectivity index (χ2v) is 7.45. The fourth-order valence-corrected chi connectivity index (χ4v) is 4.37. The molecule has 7 nitrogen and oxygen atoms in total. The van der Waals surface area contributed by atoms with E-state index >= 15 is 0 Å². The van der Waals surface area contributed by atoms with E-state index < -0.39 is 6.10 Å². The highest BCUT2D eigenvalue weighted by atomic mass is 16.7. The van der Waals surface area contributed by atoms with E-state index in [0.29, 0.717) is 26.4 Å². The molecule has 144 valence electrons. The zero-order chi connectivity index (χ0) is 18.2. The minimum atomic E-state index is -0.553. The number of aliphatic hydroxyl groups excluding tert-OH is 1. The minimum absolute atomic E-state index is 0.129. The lowest BCUT2D eigenvalue weighted by atomic mass is 9.94. The number of para-hydroxylation sites is 1. The fourth-order valence-electron chi connectivity index (χ4n) is 4.37. The average Bonchev–Trinajstić information content (AvgIpc) is 3.13. The number of hydrogen-bond donors (Lipinski definition) is 2. The first kappa shape index (κ1) is 17.5. The van der Waals surface area contributed by atoms with Gasteiger partial charge in [0.25, 0.3) is 0 Å². The number of pyridine rings is 1. The smallest absolute Gasteiger partial charge is 0.176 e. The van der Waals surface area contributed by atoms with Gasteiger partial charge in [0.1, 0.15) is 6.10 Å². The van der Waals surface area contributed by atoms with Crippen LogP contribution in [0.1, 0.15) is 5.56 Å². The molecule has 27 heavy (non-hydrogen) atoms. The highest BCUT2D eigenvalue weighted by Crippen LogP contribution is 2.32. The van der Waals surface area contributed by atoms with Crippen molar-refractivity contribution in [2.75, 3.05) is 32.9 Å². The molecule has 0 amide bonds. The lowest BCUT2D eigenvalue weighted by Crippen LogP contribution is -2.65. The molecule has 3 fully saturated rings. The summed E-state index contributed by atoms with van der Waals surface area (Å²) < 4.78 is 17.3. The number of benzene rings is 1. The monoisotopic (exact) mass is 371 g/mol. The lowest BCUT2D eigenvalue weighted by molar-refractivity contribution is -0.191. The molecule has 3 aliphatic heterocycles. The van der Waals surface area contributed by atoms with Crippen molar-refractivity contribution in [2.24, 2.45) is 0 Å². The maximum Gasteiger partial charge on any atom is 0.176 e. The highest BCUT2D eigenvalue weighted by molar-refractivity contribution is 5.78. The van der Waals surface area contributed by atoms with E-state index in [9.17, 15) is 5.11 Å². The van der Waals surface area contributed by atoms with Crippen LogP contribution in [0.5, 0.6) is 0 Å². The second-order valence-electron chi connectivity index (χ2n) is 7.45. The van der Waals surface area contributed by atoms with Crippen LogP contribution >= 0.6 is 0 Å². The zero-order valence-electron chi connectivity index (χ0n) is 15.2. The SMILES string of the molecule is O[C@H]1[C@H](NCc2cnc3ccccc3c2)[C@H]2CO[C@H](O2)[C@@H]1N1CCOCC1. The molecule has 2 aromatic rings. The van der Waals surface area contributed by atoms with Crippen LogP contribution in [0.3, 0.4) is 0 Å². The Morgan fingerprint density at radius 2 is 2.07 bits per heavy atom. The molecule has 2 N–H and O–H groups in total. The van der Waals surface area contributed by atoms with Gasteiger partial charge in [-0.25, -0.2) is 0 Å². The van der Waals surface area contributed by atoms with Gasteiger partial charge < -0.3 is 24.6 Å². The highest BCUT2D eigenvalue weighted by Gasteiger charge is 2.52. The normalized spacial score (nSPS) is 34.2. The van der Waals surface area contributed by atoms with Crippen LogP contribution < -0.4 is 5.32 Å². The Labute approximate surface area is 158 Å². The van der Waals surface area contributed by atoms with Gasteiger partial charge in [-0.3, -0.25) is 9.88 Å². The first-order valence-corrected chi connectivity index (χ1v) is 9.63. The van der Waals surface area contributed by atoms with Crippen LogP contribution in [-0.4, -0.2) is 78.5 Å². The van der Waals surface area contributed by atoms with Gasteiger partial charge in [0.15, 0.2) is 6.29 Å². The summed E-state index contributed by atoms with van der Waals surface area (Å²) in [7, 11) is 0. The van der Waals surface area contributed by atoms with Crippen molar-refractivity contribution < 1.29 is 19.3 Å². The number of morpholine rings is 1. The van der Waals surface area contributed by atoms with Crippen LogP contribution in [0.25, 0.3) is 10.9 Å². The summed E-state index contributed by atoms with van der Waals surface area (Å²) in [6.07, 6.45) is 0.848. The van der Waals surface area contributed by atoms with E-state index in [-0.39, 0.29) is 24.5 Å². The molecule has 3 aliphatic rings. The maximum absolute atomic E-state index is 11.1. The number of hydrogen-bond acceptors (Lipinski definition) is 7.